The molecule has 0 saturated heterocycles. The Labute approximate surface area is 130 Å². The minimum Gasteiger partial charge on any atom is -0.397 e. The molecule has 0 fully saturated rings. The van der Waals surface area contributed by atoms with Crippen LogP contribution in [0.5, 0.6) is 0 Å². The normalized spacial score (nSPS) is 10.9. The molecule has 0 spiro atoms. The number of carbonyl (C=O) groups excluding carboxylic acids is 1. The van der Waals surface area contributed by atoms with E-state index in [2.05, 4.69) is 15.9 Å². The van der Waals surface area contributed by atoms with Gasteiger partial charge < -0.3 is 15.4 Å². The molecule has 1 amide bonds. The number of methoxy groups -OCH3 is 1. The summed E-state index contributed by atoms with van der Waals surface area (Å²) in [4.78, 5) is 14.7. The lowest BCUT2D eigenvalue weighted by Crippen LogP contribution is -2.28. The van der Waals surface area contributed by atoms with Gasteiger partial charge in [-0.05, 0) is 18.6 Å². The zero-order valence-corrected chi connectivity index (χ0v) is 13.9. The Morgan fingerprint density at radius 3 is 2.95 bits per heavy atom. The molecule has 0 aliphatic heterocycles. The van der Waals surface area contributed by atoms with Crippen molar-refractivity contribution in [1.82, 2.24) is 4.90 Å². The van der Waals surface area contributed by atoms with Gasteiger partial charge in [0.15, 0.2) is 0 Å². The van der Waals surface area contributed by atoms with Crippen molar-refractivity contribution < 1.29 is 9.53 Å². The van der Waals surface area contributed by atoms with Crippen molar-refractivity contribution in [3.8, 4) is 0 Å². The molecule has 0 aliphatic carbocycles. The second-order valence-electron chi connectivity index (χ2n) is 4.56. The summed E-state index contributed by atoms with van der Waals surface area (Å²) in [7, 11) is 3.45. The van der Waals surface area contributed by atoms with E-state index < -0.39 is 0 Å². The van der Waals surface area contributed by atoms with Crippen molar-refractivity contribution in [3.05, 3.63) is 27.5 Å². The van der Waals surface area contributed by atoms with E-state index >= 15 is 0 Å². The number of fused-ring (bicyclic) bond motifs is 1. The monoisotopic (exact) mass is 356 g/mol. The molecule has 20 heavy (non-hydrogen) atoms. The maximum Gasteiger partial charge on any atom is 0.265 e. The number of nitrogens with two attached hydrogens (primary N) is 1. The number of hydrogen-bond acceptors (Lipinski definition) is 4. The Morgan fingerprint density at radius 2 is 2.25 bits per heavy atom. The quantitative estimate of drug-likeness (QED) is 0.835. The minimum absolute atomic E-state index is 0.0316. The second kappa shape index (κ2) is 6.56. The topological polar surface area (TPSA) is 55.6 Å². The van der Waals surface area contributed by atoms with Gasteiger partial charge >= 0.3 is 0 Å². The highest BCUT2D eigenvalue weighted by Crippen LogP contribution is 2.35. The van der Waals surface area contributed by atoms with Gasteiger partial charge in [0, 0.05) is 41.9 Å². The summed E-state index contributed by atoms with van der Waals surface area (Å²) in [6.07, 6.45) is 0.815. The van der Waals surface area contributed by atoms with Gasteiger partial charge in [0.05, 0.1) is 5.69 Å². The molecular weight excluding hydrogens is 340 g/mol. The first-order valence-electron chi connectivity index (χ1n) is 6.26. The fourth-order valence-corrected chi connectivity index (χ4v) is 3.64. The van der Waals surface area contributed by atoms with Gasteiger partial charge in [-0.1, -0.05) is 22.0 Å². The maximum absolute atomic E-state index is 12.4. The molecule has 1 aromatic heterocycles. The lowest BCUT2D eigenvalue weighted by atomic mass is 10.2. The van der Waals surface area contributed by atoms with Crippen LogP contribution >= 0.6 is 27.3 Å². The number of amides is 1. The summed E-state index contributed by atoms with van der Waals surface area (Å²) < 4.78 is 7.00. The molecule has 6 heteroatoms. The molecular formula is C14H17BrN2O2S. The molecule has 4 nitrogen and oxygen atoms in total. The van der Waals surface area contributed by atoms with Crippen LogP contribution in [-0.2, 0) is 4.74 Å². The molecule has 0 aliphatic rings. The standard InChI is InChI=1S/C14H17BrN2O2S/c1-17(6-3-7-19-2)14(18)13-12(16)10-5-4-9(15)8-11(10)20-13/h4-5,8H,3,6-7,16H2,1-2H3. The fourth-order valence-electron chi connectivity index (χ4n) is 1.97. The first kappa shape index (κ1) is 15.3. The van der Waals surface area contributed by atoms with Gasteiger partial charge in [-0.25, -0.2) is 0 Å². The third-order valence-electron chi connectivity index (χ3n) is 3.07. The Kier molecular flexibility index (Phi) is 5.01. The number of anilines is 1. The molecule has 2 N–H and O–H groups in total. The molecule has 2 aromatic rings. The summed E-state index contributed by atoms with van der Waals surface area (Å²) in [5.74, 6) is -0.0316. The number of ether oxygens (including phenoxy) is 1. The molecule has 1 heterocycles. The third kappa shape index (κ3) is 3.13. The van der Waals surface area contributed by atoms with E-state index in [1.165, 1.54) is 11.3 Å². The SMILES string of the molecule is COCCCN(C)C(=O)c1sc2cc(Br)ccc2c1N. The smallest absolute Gasteiger partial charge is 0.265 e. The van der Waals surface area contributed by atoms with Crippen LogP contribution in [0.3, 0.4) is 0 Å². The van der Waals surface area contributed by atoms with Crippen LogP contribution in [0.1, 0.15) is 16.1 Å². The highest BCUT2D eigenvalue weighted by atomic mass is 79.9. The van der Waals surface area contributed by atoms with Crippen LogP contribution in [0.4, 0.5) is 5.69 Å². The van der Waals surface area contributed by atoms with Crippen molar-refractivity contribution >= 4 is 48.9 Å². The Bertz CT molecular complexity index is 627. The zero-order chi connectivity index (χ0) is 14.7. The molecule has 0 unspecified atom stereocenters. The van der Waals surface area contributed by atoms with Crippen LogP contribution < -0.4 is 5.73 Å². The van der Waals surface area contributed by atoms with Crippen LogP contribution in [0.25, 0.3) is 10.1 Å². The van der Waals surface area contributed by atoms with E-state index in [0.717, 1.165) is 21.0 Å². The summed E-state index contributed by atoms with van der Waals surface area (Å²) in [6.45, 7) is 1.30. The first-order valence-corrected chi connectivity index (χ1v) is 7.87. The number of benzene rings is 1. The van der Waals surface area contributed by atoms with Crippen LogP contribution in [0.15, 0.2) is 22.7 Å². The van der Waals surface area contributed by atoms with Gasteiger partial charge in [-0.3, -0.25) is 4.79 Å². The first-order chi connectivity index (χ1) is 9.54. The minimum atomic E-state index is -0.0316. The molecule has 2 rings (SSSR count). The third-order valence-corrected chi connectivity index (χ3v) is 4.72. The fraction of sp³-hybridized carbons (Fsp3) is 0.357. The number of nitrogens with zero attached hydrogens (tertiary/aromatic N) is 1. The number of rotatable bonds is 5. The molecule has 0 bridgehead atoms. The number of thiophene rings is 1. The van der Waals surface area contributed by atoms with Crippen molar-refractivity contribution in [2.45, 2.75) is 6.42 Å². The lowest BCUT2D eigenvalue weighted by Gasteiger charge is -2.16. The van der Waals surface area contributed by atoms with Crippen molar-refractivity contribution in [2.75, 3.05) is 33.0 Å². The molecule has 0 radical (unpaired) electrons. The van der Waals surface area contributed by atoms with Gasteiger partial charge in [-0.15, -0.1) is 11.3 Å². The van der Waals surface area contributed by atoms with Gasteiger partial charge in [0.25, 0.3) is 5.91 Å². The molecule has 0 saturated carbocycles. The van der Waals surface area contributed by atoms with E-state index in [1.54, 1.807) is 19.1 Å². The van der Waals surface area contributed by atoms with Crippen molar-refractivity contribution in [1.29, 1.82) is 0 Å². The summed E-state index contributed by atoms with van der Waals surface area (Å²) in [5.41, 5.74) is 6.68. The zero-order valence-electron chi connectivity index (χ0n) is 11.5. The van der Waals surface area contributed by atoms with Gasteiger partial charge in [0.2, 0.25) is 0 Å². The number of hydrogen-bond donors (Lipinski definition) is 1. The van der Waals surface area contributed by atoms with Gasteiger partial charge in [0.1, 0.15) is 4.88 Å². The average molecular weight is 357 g/mol. The van der Waals surface area contributed by atoms with E-state index in [1.807, 2.05) is 18.2 Å². The predicted octanol–water partition coefficient (Wildman–Crippen LogP) is 3.35. The molecule has 1 aromatic carbocycles. The van der Waals surface area contributed by atoms with Crippen LogP contribution in [-0.4, -0.2) is 38.1 Å². The van der Waals surface area contributed by atoms with E-state index in [-0.39, 0.29) is 5.91 Å². The Hall–Kier alpha value is -1.11. The van der Waals surface area contributed by atoms with Crippen LogP contribution in [0.2, 0.25) is 0 Å². The number of halogens is 1. The highest BCUT2D eigenvalue weighted by Gasteiger charge is 2.19. The number of carbonyl (C=O) groups is 1. The summed E-state index contributed by atoms with van der Waals surface area (Å²) >= 11 is 4.87. The summed E-state index contributed by atoms with van der Waals surface area (Å²) in [5, 5.41) is 0.937. The number of nitrogen functional groups attached to an aromatic ring is 1. The predicted molar refractivity (Wildman–Crippen MR) is 87.4 cm³/mol. The van der Waals surface area contributed by atoms with Gasteiger partial charge in [-0.2, -0.15) is 0 Å². The largest absolute Gasteiger partial charge is 0.397 e. The molecule has 0 atom stereocenters. The van der Waals surface area contributed by atoms with Crippen LogP contribution in [0, 0.1) is 0 Å². The van der Waals surface area contributed by atoms with E-state index in [9.17, 15) is 4.79 Å². The summed E-state index contributed by atoms with van der Waals surface area (Å²) in [6, 6.07) is 5.85. The van der Waals surface area contributed by atoms with Crippen molar-refractivity contribution in [2.24, 2.45) is 0 Å². The Balaban J connectivity index is 2.23. The highest BCUT2D eigenvalue weighted by molar-refractivity contribution is 9.10. The average Bonchev–Trinajstić information content (AvgIpc) is 2.74. The molecule has 108 valence electrons. The van der Waals surface area contributed by atoms with E-state index in [0.29, 0.717) is 23.7 Å². The van der Waals surface area contributed by atoms with E-state index in [4.69, 9.17) is 10.5 Å². The van der Waals surface area contributed by atoms with Crippen molar-refractivity contribution in [3.63, 3.8) is 0 Å². The second-order valence-corrected chi connectivity index (χ2v) is 6.53. The Morgan fingerprint density at radius 1 is 1.50 bits per heavy atom. The maximum atomic E-state index is 12.4. The lowest BCUT2D eigenvalue weighted by molar-refractivity contribution is 0.0785.